The molecule has 0 fully saturated rings. The molecule has 0 saturated heterocycles. The summed E-state index contributed by atoms with van der Waals surface area (Å²) in [4.78, 5) is 11.1. The second-order valence-corrected chi connectivity index (χ2v) is 8.28. The molecule has 0 unspecified atom stereocenters. The maximum Gasteiger partial charge on any atom is 0.302 e. The van der Waals surface area contributed by atoms with Gasteiger partial charge in [-0.1, -0.05) is 97.9 Å². The minimum atomic E-state index is -0.761. The molecule has 0 heterocycles. The fourth-order valence-electron chi connectivity index (χ4n) is 4.10. The second-order valence-electron chi connectivity index (χ2n) is 8.28. The minimum Gasteiger partial charge on any atom is -0.465 e. The molecule has 32 heavy (non-hydrogen) atoms. The van der Waals surface area contributed by atoms with Crippen LogP contribution in [-0.2, 0) is 19.9 Å². The van der Waals surface area contributed by atoms with Crippen LogP contribution in [0.2, 0.25) is 0 Å². The molecule has 1 N–H and O–H groups in total. The number of benzene rings is 3. The molecule has 0 bridgehead atoms. The molecule has 0 spiro atoms. The van der Waals surface area contributed by atoms with Crippen molar-refractivity contribution < 1.29 is 19.4 Å². The Kier molecular flexibility index (Phi) is 8.60. The van der Waals surface area contributed by atoms with Gasteiger partial charge >= 0.3 is 5.97 Å². The van der Waals surface area contributed by atoms with E-state index in [1.54, 1.807) is 0 Å². The lowest BCUT2D eigenvalue weighted by Crippen LogP contribution is -2.35. The SMILES string of the molecule is CC(=O)OC[C@@H](CO)C[C@H](C)COC(c1ccccc1)(c1ccccc1)c1ccccc1. The first kappa shape index (κ1) is 23.7. The van der Waals surface area contributed by atoms with E-state index in [2.05, 4.69) is 43.3 Å². The van der Waals surface area contributed by atoms with Gasteiger partial charge in [0.15, 0.2) is 0 Å². The van der Waals surface area contributed by atoms with Gasteiger partial charge in [0.2, 0.25) is 0 Å². The van der Waals surface area contributed by atoms with E-state index in [1.807, 2.05) is 54.6 Å². The quantitative estimate of drug-likeness (QED) is 0.335. The zero-order valence-electron chi connectivity index (χ0n) is 18.8. The highest BCUT2D eigenvalue weighted by Crippen LogP contribution is 2.40. The molecule has 0 aliphatic heterocycles. The Morgan fingerprint density at radius 1 is 0.812 bits per heavy atom. The third-order valence-corrected chi connectivity index (χ3v) is 5.64. The van der Waals surface area contributed by atoms with Gasteiger partial charge in [0.05, 0.1) is 13.2 Å². The fourth-order valence-corrected chi connectivity index (χ4v) is 4.10. The van der Waals surface area contributed by atoms with Crippen molar-refractivity contribution in [3.05, 3.63) is 108 Å². The highest BCUT2D eigenvalue weighted by molar-refractivity contribution is 5.65. The van der Waals surface area contributed by atoms with Crippen LogP contribution in [0.1, 0.15) is 37.0 Å². The van der Waals surface area contributed by atoms with E-state index in [0.717, 1.165) is 16.7 Å². The van der Waals surface area contributed by atoms with Crippen molar-refractivity contribution in [2.45, 2.75) is 25.9 Å². The molecular weight excluding hydrogens is 400 g/mol. The predicted octanol–water partition coefficient (Wildman–Crippen LogP) is 5.19. The van der Waals surface area contributed by atoms with Gasteiger partial charge in [-0.15, -0.1) is 0 Å². The molecule has 168 valence electrons. The van der Waals surface area contributed by atoms with Crippen LogP contribution in [0.4, 0.5) is 0 Å². The lowest BCUT2D eigenvalue weighted by Gasteiger charge is -2.37. The van der Waals surface area contributed by atoms with Crippen molar-refractivity contribution in [1.29, 1.82) is 0 Å². The van der Waals surface area contributed by atoms with Gasteiger partial charge in [-0.05, 0) is 29.0 Å². The zero-order chi connectivity index (χ0) is 22.8. The Hall–Kier alpha value is -2.95. The van der Waals surface area contributed by atoms with Crippen LogP contribution >= 0.6 is 0 Å². The smallest absolute Gasteiger partial charge is 0.302 e. The van der Waals surface area contributed by atoms with E-state index in [9.17, 15) is 9.90 Å². The fraction of sp³-hybridized carbons (Fsp3) is 0.321. The Morgan fingerprint density at radius 3 is 1.62 bits per heavy atom. The van der Waals surface area contributed by atoms with Gasteiger partial charge in [-0.25, -0.2) is 0 Å². The largest absolute Gasteiger partial charge is 0.465 e. The van der Waals surface area contributed by atoms with E-state index in [1.165, 1.54) is 6.92 Å². The van der Waals surface area contributed by atoms with E-state index in [0.29, 0.717) is 13.0 Å². The van der Waals surface area contributed by atoms with E-state index in [-0.39, 0.29) is 31.0 Å². The summed E-state index contributed by atoms with van der Waals surface area (Å²) in [6.45, 7) is 4.16. The summed E-state index contributed by atoms with van der Waals surface area (Å²) in [7, 11) is 0. The number of aliphatic hydroxyl groups excluding tert-OH is 1. The van der Waals surface area contributed by atoms with Gasteiger partial charge in [0.1, 0.15) is 5.60 Å². The Bertz CT molecular complexity index is 844. The number of ether oxygens (including phenoxy) is 2. The summed E-state index contributed by atoms with van der Waals surface area (Å²) >= 11 is 0. The van der Waals surface area contributed by atoms with Gasteiger partial charge in [-0.3, -0.25) is 4.79 Å². The van der Waals surface area contributed by atoms with Crippen molar-refractivity contribution in [2.24, 2.45) is 11.8 Å². The van der Waals surface area contributed by atoms with E-state index < -0.39 is 5.60 Å². The van der Waals surface area contributed by atoms with Crippen molar-refractivity contribution >= 4 is 5.97 Å². The van der Waals surface area contributed by atoms with Gasteiger partial charge in [0, 0.05) is 19.4 Å². The van der Waals surface area contributed by atoms with Crippen molar-refractivity contribution in [1.82, 2.24) is 0 Å². The summed E-state index contributed by atoms with van der Waals surface area (Å²) in [6, 6.07) is 30.8. The number of carbonyl (C=O) groups is 1. The zero-order valence-corrected chi connectivity index (χ0v) is 18.8. The van der Waals surface area contributed by atoms with E-state index in [4.69, 9.17) is 9.47 Å². The molecule has 0 radical (unpaired) electrons. The first-order chi connectivity index (χ1) is 15.6. The molecule has 0 aromatic heterocycles. The number of carbonyl (C=O) groups excluding carboxylic acids is 1. The molecule has 0 aliphatic rings. The summed E-state index contributed by atoms with van der Waals surface area (Å²) in [5.41, 5.74) is 2.41. The summed E-state index contributed by atoms with van der Waals surface area (Å²) in [6.07, 6.45) is 0.693. The maximum atomic E-state index is 11.1. The Labute approximate surface area is 190 Å². The molecule has 0 aliphatic carbocycles. The highest BCUT2D eigenvalue weighted by Gasteiger charge is 2.37. The normalized spacial score (nSPS) is 13.3. The number of esters is 1. The highest BCUT2D eigenvalue weighted by atomic mass is 16.5. The van der Waals surface area contributed by atoms with Crippen molar-refractivity contribution in [3.63, 3.8) is 0 Å². The van der Waals surface area contributed by atoms with Crippen LogP contribution in [0.3, 0.4) is 0 Å². The summed E-state index contributed by atoms with van der Waals surface area (Å²) in [5.74, 6) is -0.293. The lowest BCUT2D eigenvalue weighted by atomic mass is 9.80. The molecule has 0 amide bonds. The number of hydrogen-bond acceptors (Lipinski definition) is 4. The first-order valence-corrected chi connectivity index (χ1v) is 11.1. The van der Waals surface area contributed by atoms with Gasteiger partial charge in [0.25, 0.3) is 0 Å². The third-order valence-electron chi connectivity index (χ3n) is 5.64. The van der Waals surface area contributed by atoms with Crippen LogP contribution < -0.4 is 0 Å². The third kappa shape index (κ3) is 5.84. The van der Waals surface area contributed by atoms with Crippen molar-refractivity contribution in [2.75, 3.05) is 19.8 Å². The average molecular weight is 433 g/mol. The Morgan fingerprint density at radius 2 is 1.25 bits per heavy atom. The predicted molar refractivity (Wildman–Crippen MR) is 126 cm³/mol. The van der Waals surface area contributed by atoms with Crippen LogP contribution in [0.25, 0.3) is 0 Å². The number of rotatable bonds is 11. The van der Waals surface area contributed by atoms with Gasteiger partial charge in [-0.2, -0.15) is 0 Å². The lowest BCUT2D eigenvalue weighted by molar-refractivity contribution is -0.143. The molecular formula is C28H32O4. The summed E-state index contributed by atoms with van der Waals surface area (Å²) in [5, 5.41) is 9.72. The van der Waals surface area contributed by atoms with Crippen molar-refractivity contribution in [3.8, 4) is 0 Å². The average Bonchev–Trinajstić information content (AvgIpc) is 2.84. The molecule has 3 aromatic rings. The number of hydrogen-bond donors (Lipinski definition) is 1. The van der Waals surface area contributed by atoms with E-state index >= 15 is 0 Å². The number of aliphatic hydroxyl groups is 1. The molecule has 0 saturated carbocycles. The second kappa shape index (κ2) is 11.6. The monoisotopic (exact) mass is 432 g/mol. The molecule has 2 atom stereocenters. The van der Waals surface area contributed by atoms with Crippen LogP contribution in [-0.4, -0.2) is 30.9 Å². The molecule has 4 heteroatoms. The first-order valence-electron chi connectivity index (χ1n) is 11.1. The minimum absolute atomic E-state index is 0.0289. The van der Waals surface area contributed by atoms with Crippen LogP contribution in [0.15, 0.2) is 91.0 Å². The molecule has 4 nitrogen and oxygen atoms in total. The summed E-state index contributed by atoms with van der Waals surface area (Å²) < 4.78 is 11.9. The molecule has 3 aromatic carbocycles. The molecule has 3 rings (SSSR count). The van der Waals surface area contributed by atoms with Gasteiger partial charge < -0.3 is 14.6 Å². The van der Waals surface area contributed by atoms with Crippen LogP contribution in [0, 0.1) is 11.8 Å². The maximum absolute atomic E-state index is 11.1. The standard InChI is InChI=1S/C28H32O4/c1-22(18-24(19-29)21-31-23(2)30)20-32-28(25-12-6-3-7-13-25,26-14-8-4-9-15-26)27-16-10-5-11-17-27/h3-17,22,24,29H,18-21H2,1-2H3/t22-,24+/m0/s1. The van der Waals surface area contributed by atoms with Crippen LogP contribution in [0.5, 0.6) is 0 Å². The Balaban J connectivity index is 1.92. The topological polar surface area (TPSA) is 55.8 Å².